The number of alkyl carbamates (subject to hydrolysis) is 1. The zero-order valence-corrected chi connectivity index (χ0v) is 17.4. The van der Waals surface area contributed by atoms with Gasteiger partial charge in [0.1, 0.15) is 5.60 Å². The van der Waals surface area contributed by atoms with Gasteiger partial charge in [0, 0.05) is 41.8 Å². The van der Waals surface area contributed by atoms with Crippen LogP contribution in [0.3, 0.4) is 0 Å². The lowest BCUT2D eigenvalue weighted by atomic mass is 9.91. The zero-order valence-electron chi connectivity index (χ0n) is 16.6. The first-order chi connectivity index (χ1) is 12.8. The predicted molar refractivity (Wildman–Crippen MR) is 111 cm³/mol. The van der Waals surface area contributed by atoms with Crippen molar-refractivity contribution in [2.24, 2.45) is 5.92 Å². The second-order valence-electron chi connectivity index (χ2n) is 8.15. The minimum atomic E-state index is -0.461. The van der Waals surface area contributed by atoms with Gasteiger partial charge in [-0.1, -0.05) is 12.1 Å². The van der Waals surface area contributed by atoms with Crippen LogP contribution in [0.15, 0.2) is 41.6 Å². The number of hydrogen-bond acceptors (Lipinski definition) is 5. The first kappa shape index (κ1) is 20.0. The molecule has 1 saturated heterocycles. The summed E-state index contributed by atoms with van der Waals surface area (Å²) in [5.41, 5.74) is -0.461. The molecule has 1 atom stereocenters. The molecule has 0 aliphatic carbocycles. The summed E-state index contributed by atoms with van der Waals surface area (Å²) in [6.07, 6.45) is 5.57. The van der Waals surface area contributed by atoms with Crippen LogP contribution >= 0.6 is 11.9 Å². The molecule has 1 aliphatic heterocycles. The topological polar surface area (TPSA) is 54.5 Å². The van der Waals surface area contributed by atoms with Gasteiger partial charge in [-0.2, -0.15) is 0 Å². The summed E-state index contributed by atoms with van der Waals surface area (Å²) in [6.45, 7) is 9.76. The highest BCUT2D eigenvalue weighted by atomic mass is 32.2. The van der Waals surface area contributed by atoms with Crippen LogP contribution in [0.5, 0.6) is 0 Å². The van der Waals surface area contributed by atoms with Crippen molar-refractivity contribution in [1.29, 1.82) is 0 Å². The lowest BCUT2D eigenvalue weighted by Crippen LogP contribution is -2.44. The highest BCUT2D eigenvalue weighted by Crippen LogP contribution is 2.33. The Morgan fingerprint density at radius 2 is 2.04 bits per heavy atom. The van der Waals surface area contributed by atoms with Gasteiger partial charge in [0.15, 0.2) is 0 Å². The van der Waals surface area contributed by atoms with E-state index in [1.165, 1.54) is 15.7 Å². The van der Waals surface area contributed by atoms with E-state index in [-0.39, 0.29) is 12.1 Å². The van der Waals surface area contributed by atoms with Crippen molar-refractivity contribution in [1.82, 2.24) is 14.6 Å². The first-order valence-electron chi connectivity index (χ1n) is 9.57. The summed E-state index contributed by atoms with van der Waals surface area (Å²) in [7, 11) is 0. The van der Waals surface area contributed by atoms with E-state index in [0.717, 1.165) is 25.9 Å². The SMILES string of the molecule is CC(NC(=O)OC(C)(C)C)C1CCN(Sc2cccc3cnccc23)CC1. The van der Waals surface area contributed by atoms with E-state index >= 15 is 0 Å². The molecule has 1 unspecified atom stereocenters. The Hall–Kier alpha value is -1.79. The van der Waals surface area contributed by atoms with Crippen LogP contribution in [0.4, 0.5) is 4.79 Å². The largest absolute Gasteiger partial charge is 0.444 e. The third kappa shape index (κ3) is 5.59. The maximum atomic E-state index is 12.0. The number of amides is 1. The van der Waals surface area contributed by atoms with Gasteiger partial charge in [0.05, 0.1) is 0 Å². The monoisotopic (exact) mass is 387 g/mol. The van der Waals surface area contributed by atoms with Crippen LogP contribution in [0.1, 0.15) is 40.5 Å². The Bertz CT molecular complexity index is 777. The van der Waals surface area contributed by atoms with Gasteiger partial charge >= 0.3 is 6.09 Å². The van der Waals surface area contributed by atoms with Gasteiger partial charge in [0.25, 0.3) is 0 Å². The third-order valence-electron chi connectivity index (χ3n) is 4.82. The molecule has 27 heavy (non-hydrogen) atoms. The van der Waals surface area contributed by atoms with Crippen LogP contribution in [-0.2, 0) is 4.74 Å². The second kappa shape index (κ2) is 8.48. The molecule has 5 nitrogen and oxygen atoms in total. The Balaban J connectivity index is 1.52. The number of benzene rings is 1. The van der Waals surface area contributed by atoms with E-state index in [9.17, 15) is 4.79 Å². The lowest BCUT2D eigenvalue weighted by molar-refractivity contribution is 0.0482. The maximum Gasteiger partial charge on any atom is 0.407 e. The molecule has 0 spiro atoms. The highest BCUT2D eigenvalue weighted by molar-refractivity contribution is 7.97. The van der Waals surface area contributed by atoms with E-state index in [2.05, 4.69) is 45.8 Å². The number of ether oxygens (including phenoxy) is 1. The Morgan fingerprint density at radius 3 is 2.74 bits per heavy atom. The van der Waals surface area contributed by atoms with Crippen molar-refractivity contribution in [3.63, 3.8) is 0 Å². The van der Waals surface area contributed by atoms with Crippen LogP contribution in [-0.4, -0.2) is 40.1 Å². The van der Waals surface area contributed by atoms with Gasteiger partial charge in [-0.05, 0) is 75.9 Å². The van der Waals surface area contributed by atoms with E-state index in [1.54, 1.807) is 0 Å². The maximum absolute atomic E-state index is 12.0. The zero-order chi connectivity index (χ0) is 19.4. The summed E-state index contributed by atoms with van der Waals surface area (Å²) >= 11 is 1.82. The van der Waals surface area contributed by atoms with Crippen LogP contribution in [0, 0.1) is 5.92 Å². The quantitative estimate of drug-likeness (QED) is 0.759. The number of rotatable bonds is 4. The molecule has 1 N–H and O–H groups in total. The molecule has 0 radical (unpaired) electrons. The number of piperidine rings is 1. The Labute approximate surface area is 166 Å². The molecular weight excluding hydrogens is 358 g/mol. The Morgan fingerprint density at radius 1 is 1.30 bits per heavy atom. The van der Waals surface area contributed by atoms with Gasteiger partial charge in [-0.15, -0.1) is 0 Å². The molecule has 1 amide bonds. The van der Waals surface area contributed by atoms with Crippen molar-refractivity contribution in [3.8, 4) is 0 Å². The van der Waals surface area contributed by atoms with Crippen LogP contribution in [0.25, 0.3) is 10.8 Å². The summed E-state index contributed by atoms with van der Waals surface area (Å²) in [4.78, 5) is 17.5. The number of carbonyl (C=O) groups is 1. The van der Waals surface area contributed by atoms with E-state index in [1.807, 2.05) is 45.1 Å². The standard InChI is InChI=1S/C21H29N3O2S/c1-15(23-20(25)26-21(2,3)4)16-9-12-24(13-10-16)27-19-7-5-6-17-14-22-11-8-18(17)19/h5-8,11,14-16H,9-10,12-13H2,1-4H3,(H,23,25). The molecule has 0 bridgehead atoms. The molecule has 1 aromatic heterocycles. The Kier molecular flexibility index (Phi) is 6.27. The number of nitrogens with zero attached hydrogens (tertiary/aromatic N) is 2. The molecule has 1 aliphatic rings. The van der Waals surface area contributed by atoms with Crippen molar-refractivity contribution in [3.05, 3.63) is 36.7 Å². The number of hydrogen-bond donors (Lipinski definition) is 1. The molecule has 1 fully saturated rings. The van der Waals surface area contributed by atoms with E-state index in [0.29, 0.717) is 5.92 Å². The van der Waals surface area contributed by atoms with Gasteiger partial charge in [-0.25, -0.2) is 9.10 Å². The van der Waals surface area contributed by atoms with Gasteiger partial charge < -0.3 is 10.1 Å². The second-order valence-corrected chi connectivity index (χ2v) is 9.28. The number of pyridine rings is 1. The van der Waals surface area contributed by atoms with E-state index in [4.69, 9.17) is 4.74 Å². The molecular formula is C21H29N3O2S. The molecule has 3 rings (SSSR count). The van der Waals surface area contributed by atoms with Crippen molar-refractivity contribution in [2.75, 3.05) is 13.1 Å². The average molecular weight is 388 g/mol. The van der Waals surface area contributed by atoms with Gasteiger partial charge in [-0.3, -0.25) is 4.98 Å². The number of carbonyl (C=O) groups excluding carboxylic acids is 1. The van der Waals surface area contributed by atoms with Crippen molar-refractivity contribution >= 4 is 28.8 Å². The number of aromatic nitrogens is 1. The number of fused-ring (bicyclic) bond motifs is 1. The summed E-state index contributed by atoms with van der Waals surface area (Å²) in [6, 6.07) is 8.56. The fraction of sp³-hybridized carbons (Fsp3) is 0.524. The number of nitrogens with one attached hydrogen (secondary N) is 1. The van der Waals surface area contributed by atoms with Crippen LogP contribution < -0.4 is 5.32 Å². The summed E-state index contributed by atoms with van der Waals surface area (Å²) in [5, 5.41) is 5.42. The average Bonchev–Trinajstić information content (AvgIpc) is 2.61. The third-order valence-corrected chi connectivity index (χ3v) is 5.99. The molecule has 0 saturated carbocycles. The van der Waals surface area contributed by atoms with Crippen LogP contribution in [0.2, 0.25) is 0 Å². The molecule has 146 valence electrons. The summed E-state index contributed by atoms with van der Waals surface area (Å²) < 4.78 is 7.79. The first-order valence-corrected chi connectivity index (χ1v) is 10.3. The lowest BCUT2D eigenvalue weighted by Gasteiger charge is -2.34. The normalized spacial score (nSPS) is 17.6. The minimum absolute atomic E-state index is 0.121. The molecule has 2 aromatic rings. The van der Waals surface area contributed by atoms with Crippen molar-refractivity contribution in [2.45, 2.75) is 57.1 Å². The molecule has 2 heterocycles. The predicted octanol–water partition coefficient (Wildman–Crippen LogP) is 4.87. The fourth-order valence-electron chi connectivity index (χ4n) is 3.39. The molecule has 1 aromatic carbocycles. The minimum Gasteiger partial charge on any atom is -0.444 e. The fourth-order valence-corrected chi connectivity index (χ4v) is 4.49. The van der Waals surface area contributed by atoms with E-state index < -0.39 is 5.60 Å². The molecule has 6 heteroatoms. The summed E-state index contributed by atoms with van der Waals surface area (Å²) in [5.74, 6) is 0.478. The smallest absolute Gasteiger partial charge is 0.407 e. The van der Waals surface area contributed by atoms with Gasteiger partial charge in [0.2, 0.25) is 0 Å². The van der Waals surface area contributed by atoms with Crippen molar-refractivity contribution < 1.29 is 9.53 Å². The highest BCUT2D eigenvalue weighted by Gasteiger charge is 2.27.